The maximum Gasteiger partial charge on any atom is 0.0478 e. The van der Waals surface area contributed by atoms with E-state index >= 15 is 0 Å². The largest absolute Gasteiger partial charge is 0.381 e. The van der Waals surface area contributed by atoms with Crippen LogP contribution in [-0.4, -0.2) is 49.8 Å². The predicted octanol–water partition coefficient (Wildman–Crippen LogP) is 2.27. The average molecular weight is 242 g/mol. The summed E-state index contributed by atoms with van der Waals surface area (Å²) in [6.07, 6.45) is 4.75. The van der Waals surface area contributed by atoms with Crippen molar-refractivity contribution in [2.45, 2.75) is 52.0 Å². The molecule has 0 saturated carbocycles. The Balaban J connectivity index is 2.20. The van der Waals surface area contributed by atoms with Crippen LogP contribution in [0.25, 0.3) is 0 Å². The van der Waals surface area contributed by atoms with E-state index in [9.17, 15) is 0 Å². The minimum Gasteiger partial charge on any atom is -0.381 e. The molecule has 3 nitrogen and oxygen atoms in total. The van der Waals surface area contributed by atoms with Crippen molar-refractivity contribution in [3.8, 4) is 0 Å². The van der Waals surface area contributed by atoms with Crippen molar-refractivity contribution in [2.75, 3.05) is 39.4 Å². The summed E-state index contributed by atoms with van der Waals surface area (Å²) in [4.78, 5) is 2.60. The highest BCUT2D eigenvalue weighted by Crippen LogP contribution is 2.19. The molecular weight excluding hydrogens is 212 g/mol. The maximum absolute atomic E-state index is 5.54. The molecule has 0 atom stereocenters. The van der Waals surface area contributed by atoms with E-state index in [4.69, 9.17) is 4.74 Å². The molecule has 1 saturated heterocycles. The van der Waals surface area contributed by atoms with Gasteiger partial charge < -0.3 is 15.0 Å². The fourth-order valence-corrected chi connectivity index (χ4v) is 2.59. The summed E-state index contributed by atoms with van der Waals surface area (Å²) < 4.78 is 5.54. The van der Waals surface area contributed by atoms with Crippen molar-refractivity contribution in [2.24, 2.45) is 0 Å². The van der Waals surface area contributed by atoms with E-state index in [0.29, 0.717) is 5.54 Å². The minimum atomic E-state index is 0.364. The molecule has 0 aliphatic carbocycles. The molecule has 0 spiro atoms. The van der Waals surface area contributed by atoms with Crippen LogP contribution >= 0.6 is 0 Å². The van der Waals surface area contributed by atoms with Gasteiger partial charge >= 0.3 is 0 Å². The second kappa shape index (κ2) is 8.06. The first kappa shape index (κ1) is 14.9. The summed E-state index contributed by atoms with van der Waals surface area (Å²) >= 11 is 0. The van der Waals surface area contributed by atoms with Gasteiger partial charge in [-0.15, -0.1) is 0 Å². The van der Waals surface area contributed by atoms with Crippen LogP contribution in [0.2, 0.25) is 0 Å². The third kappa shape index (κ3) is 4.94. The van der Waals surface area contributed by atoms with Crippen LogP contribution in [0.3, 0.4) is 0 Å². The van der Waals surface area contributed by atoms with E-state index in [2.05, 4.69) is 31.0 Å². The van der Waals surface area contributed by atoms with Gasteiger partial charge in [0.15, 0.2) is 0 Å². The first-order valence-corrected chi connectivity index (χ1v) is 7.31. The Morgan fingerprint density at radius 1 is 1.18 bits per heavy atom. The second-order valence-electron chi connectivity index (χ2n) is 5.16. The van der Waals surface area contributed by atoms with Crippen LogP contribution < -0.4 is 5.32 Å². The van der Waals surface area contributed by atoms with E-state index in [-0.39, 0.29) is 0 Å². The topological polar surface area (TPSA) is 24.5 Å². The van der Waals surface area contributed by atoms with Gasteiger partial charge in [-0.25, -0.2) is 0 Å². The zero-order valence-corrected chi connectivity index (χ0v) is 11.9. The lowest BCUT2D eigenvalue weighted by molar-refractivity contribution is 0.0938. The fourth-order valence-electron chi connectivity index (χ4n) is 2.59. The highest BCUT2D eigenvalue weighted by atomic mass is 16.5. The van der Waals surface area contributed by atoms with E-state index in [1.807, 2.05) is 0 Å². The number of piperazine rings is 1. The minimum absolute atomic E-state index is 0.364. The quantitative estimate of drug-likeness (QED) is 0.661. The molecule has 17 heavy (non-hydrogen) atoms. The van der Waals surface area contributed by atoms with Crippen molar-refractivity contribution in [3.05, 3.63) is 0 Å². The zero-order valence-electron chi connectivity index (χ0n) is 11.9. The first-order chi connectivity index (χ1) is 8.26. The number of rotatable bonds is 8. The monoisotopic (exact) mass is 242 g/mol. The van der Waals surface area contributed by atoms with Crippen LogP contribution in [0.4, 0.5) is 0 Å². The summed E-state index contributed by atoms with van der Waals surface area (Å²) in [6, 6.07) is 0. The lowest BCUT2D eigenvalue weighted by Gasteiger charge is -2.43. The van der Waals surface area contributed by atoms with Crippen LogP contribution in [0.1, 0.15) is 46.5 Å². The van der Waals surface area contributed by atoms with Gasteiger partial charge in [-0.05, 0) is 25.7 Å². The molecular formula is C14H30N2O. The maximum atomic E-state index is 5.54. The summed E-state index contributed by atoms with van der Waals surface area (Å²) in [6.45, 7) is 13.3. The highest BCUT2D eigenvalue weighted by molar-refractivity contribution is 4.92. The van der Waals surface area contributed by atoms with Crippen LogP contribution in [0.15, 0.2) is 0 Å². The van der Waals surface area contributed by atoms with E-state index in [0.717, 1.165) is 26.2 Å². The molecule has 0 unspecified atom stereocenters. The Labute approximate surface area is 107 Å². The number of nitrogens with one attached hydrogen (secondary N) is 1. The molecule has 0 aromatic carbocycles. The molecule has 1 aliphatic heterocycles. The second-order valence-corrected chi connectivity index (χ2v) is 5.16. The van der Waals surface area contributed by atoms with Crippen molar-refractivity contribution in [1.82, 2.24) is 10.2 Å². The Morgan fingerprint density at radius 3 is 2.59 bits per heavy atom. The number of ether oxygens (including phenoxy) is 1. The van der Waals surface area contributed by atoms with Crippen LogP contribution in [0, 0.1) is 0 Å². The number of nitrogens with zero attached hydrogens (tertiary/aromatic N) is 1. The van der Waals surface area contributed by atoms with Crippen molar-refractivity contribution in [3.63, 3.8) is 0 Å². The van der Waals surface area contributed by atoms with Gasteiger partial charge in [0, 0.05) is 44.9 Å². The van der Waals surface area contributed by atoms with Crippen LogP contribution in [-0.2, 0) is 4.74 Å². The van der Waals surface area contributed by atoms with Gasteiger partial charge in [0.1, 0.15) is 0 Å². The average Bonchev–Trinajstić information content (AvgIpc) is 2.39. The van der Waals surface area contributed by atoms with Gasteiger partial charge in [0.05, 0.1) is 0 Å². The Morgan fingerprint density at radius 2 is 1.94 bits per heavy atom. The molecule has 3 heteroatoms. The van der Waals surface area contributed by atoms with E-state index in [1.54, 1.807) is 0 Å². The Bertz CT molecular complexity index is 193. The predicted molar refractivity (Wildman–Crippen MR) is 73.5 cm³/mol. The lowest BCUT2D eigenvalue weighted by Crippen LogP contribution is -2.59. The molecule has 0 amide bonds. The van der Waals surface area contributed by atoms with Crippen molar-refractivity contribution < 1.29 is 4.74 Å². The van der Waals surface area contributed by atoms with E-state index in [1.165, 1.54) is 38.9 Å². The Kier molecular flexibility index (Phi) is 7.09. The number of hydrogen-bond acceptors (Lipinski definition) is 3. The molecule has 0 bridgehead atoms. The smallest absolute Gasteiger partial charge is 0.0478 e. The van der Waals surface area contributed by atoms with Crippen molar-refractivity contribution in [1.29, 1.82) is 0 Å². The number of hydrogen-bond donors (Lipinski definition) is 1. The van der Waals surface area contributed by atoms with Gasteiger partial charge in [-0.1, -0.05) is 20.8 Å². The van der Waals surface area contributed by atoms with Gasteiger partial charge in [0.2, 0.25) is 0 Å². The molecule has 1 fully saturated rings. The standard InChI is InChI=1S/C14H30N2O/c1-4-11-17-12-7-9-16-10-8-15-14(5-2,6-3)13-16/h15H,4-13H2,1-3H3. The zero-order chi connectivity index (χ0) is 12.6. The summed E-state index contributed by atoms with van der Waals surface area (Å²) in [5.74, 6) is 0. The molecule has 1 aliphatic rings. The van der Waals surface area contributed by atoms with Crippen LogP contribution in [0.5, 0.6) is 0 Å². The lowest BCUT2D eigenvalue weighted by atomic mass is 9.90. The molecule has 0 aromatic rings. The Hall–Kier alpha value is -0.120. The molecule has 1 rings (SSSR count). The molecule has 0 radical (unpaired) electrons. The SMILES string of the molecule is CCCOCCCN1CCNC(CC)(CC)C1. The summed E-state index contributed by atoms with van der Waals surface area (Å²) in [5, 5.41) is 3.70. The van der Waals surface area contributed by atoms with Crippen molar-refractivity contribution >= 4 is 0 Å². The van der Waals surface area contributed by atoms with Gasteiger partial charge in [-0.3, -0.25) is 0 Å². The first-order valence-electron chi connectivity index (χ1n) is 7.31. The van der Waals surface area contributed by atoms with Gasteiger partial charge in [-0.2, -0.15) is 0 Å². The third-order valence-electron chi connectivity index (χ3n) is 3.92. The highest BCUT2D eigenvalue weighted by Gasteiger charge is 2.31. The normalized spacial score (nSPS) is 20.6. The van der Waals surface area contributed by atoms with Gasteiger partial charge in [0.25, 0.3) is 0 Å². The summed E-state index contributed by atoms with van der Waals surface area (Å²) in [7, 11) is 0. The molecule has 1 N–H and O–H groups in total. The molecule has 0 aromatic heterocycles. The van der Waals surface area contributed by atoms with E-state index < -0.39 is 0 Å². The third-order valence-corrected chi connectivity index (χ3v) is 3.92. The molecule has 102 valence electrons. The fraction of sp³-hybridized carbons (Fsp3) is 1.00. The summed E-state index contributed by atoms with van der Waals surface area (Å²) in [5.41, 5.74) is 0.364. The molecule has 1 heterocycles.